The SMILES string of the molecule is O=C(O)CCCCCCCCC1CCCCCCCCCCCC1. The fourth-order valence-corrected chi connectivity index (χ4v) is 4.13. The van der Waals surface area contributed by atoms with Crippen LogP contribution >= 0.6 is 0 Å². The van der Waals surface area contributed by atoms with Crippen LogP contribution in [0.15, 0.2) is 0 Å². The van der Waals surface area contributed by atoms with Gasteiger partial charge >= 0.3 is 5.97 Å². The topological polar surface area (TPSA) is 37.3 Å². The molecule has 24 heavy (non-hydrogen) atoms. The van der Waals surface area contributed by atoms with Gasteiger partial charge in [-0.1, -0.05) is 116 Å². The minimum atomic E-state index is -0.645. The Morgan fingerprint density at radius 1 is 0.625 bits per heavy atom. The Balaban J connectivity index is 2.05. The molecule has 2 heteroatoms. The molecule has 0 aromatic heterocycles. The highest BCUT2D eigenvalue weighted by molar-refractivity contribution is 5.66. The van der Waals surface area contributed by atoms with Crippen molar-refractivity contribution in [3.8, 4) is 0 Å². The second kappa shape index (κ2) is 16.0. The van der Waals surface area contributed by atoms with E-state index in [-0.39, 0.29) is 0 Å². The van der Waals surface area contributed by atoms with E-state index in [1.54, 1.807) is 0 Å². The van der Waals surface area contributed by atoms with E-state index >= 15 is 0 Å². The summed E-state index contributed by atoms with van der Waals surface area (Å²) in [6.45, 7) is 0. The lowest BCUT2D eigenvalue weighted by atomic mass is 9.90. The largest absolute Gasteiger partial charge is 0.481 e. The zero-order chi connectivity index (χ0) is 17.3. The smallest absolute Gasteiger partial charge is 0.303 e. The zero-order valence-corrected chi connectivity index (χ0v) is 16.1. The second-order valence-electron chi connectivity index (χ2n) is 8.03. The number of carbonyl (C=O) groups is 1. The molecule has 0 radical (unpaired) electrons. The fraction of sp³-hybridized carbons (Fsp3) is 0.955. The van der Waals surface area contributed by atoms with Crippen LogP contribution in [-0.4, -0.2) is 11.1 Å². The van der Waals surface area contributed by atoms with Crippen LogP contribution in [0, 0.1) is 5.92 Å². The van der Waals surface area contributed by atoms with Crippen molar-refractivity contribution >= 4 is 5.97 Å². The summed E-state index contributed by atoms with van der Waals surface area (Å²) in [6, 6.07) is 0. The van der Waals surface area contributed by atoms with Crippen LogP contribution in [0.5, 0.6) is 0 Å². The molecule has 0 amide bonds. The van der Waals surface area contributed by atoms with Gasteiger partial charge in [-0.15, -0.1) is 0 Å². The summed E-state index contributed by atoms with van der Waals surface area (Å²) in [5.74, 6) is 0.339. The second-order valence-corrected chi connectivity index (χ2v) is 8.03. The first kappa shape index (κ1) is 21.5. The molecule has 1 saturated carbocycles. The first-order chi connectivity index (χ1) is 11.8. The standard InChI is InChI=1S/C22H42O2/c23-22(24)20-16-12-8-7-11-15-19-21-17-13-9-5-3-1-2-4-6-10-14-18-21/h21H,1-20H2,(H,23,24). The maximum Gasteiger partial charge on any atom is 0.303 e. The Kier molecular flexibility index (Phi) is 14.3. The highest BCUT2D eigenvalue weighted by Gasteiger charge is 2.09. The maximum absolute atomic E-state index is 10.5. The lowest BCUT2D eigenvalue weighted by molar-refractivity contribution is -0.137. The molecule has 0 aliphatic heterocycles. The normalized spacial score (nSPS) is 19.2. The molecule has 0 spiro atoms. The molecule has 0 bridgehead atoms. The van der Waals surface area contributed by atoms with E-state index in [9.17, 15) is 4.79 Å². The molecule has 1 aliphatic carbocycles. The zero-order valence-electron chi connectivity index (χ0n) is 16.1. The Hall–Kier alpha value is -0.530. The predicted octanol–water partition coefficient (Wildman–Crippen LogP) is 7.50. The third-order valence-electron chi connectivity index (χ3n) is 5.73. The molecular weight excluding hydrogens is 296 g/mol. The third kappa shape index (κ3) is 13.9. The number of hydrogen-bond donors (Lipinski definition) is 1. The van der Waals surface area contributed by atoms with Gasteiger partial charge < -0.3 is 5.11 Å². The molecular formula is C22H42O2. The minimum Gasteiger partial charge on any atom is -0.481 e. The molecule has 2 nitrogen and oxygen atoms in total. The average Bonchev–Trinajstić information content (AvgIpc) is 2.59. The summed E-state index contributed by atoms with van der Waals surface area (Å²) in [7, 11) is 0. The number of unbranched alkanes of at least 4 members (excludes halogenated alkanes) is 5. The average molecular weight is 339 g/mol. The van der Waals surface area contributed by atoms with E-state index in [1.165, 1.54) is 109 Å². The molecule has 0 aromatic carbocycles. The van der Waals surface area contributed by atoms with Crippen molar-refractivity contribution in [2.75, 3.05) is 0 Å². The van der Waals surface area contributed by atoms with E-state index in [0.29, 0.717) is 6.42 Å². The molecule has 0 aromatic rings. The van der Waals surface area contributed by atoms with E-state index in [4.69, 9.17) is 5.11 Å². The Labute approximate surface area is 150 Å². The number of hydrogen-bond acceptors (Lipinski definition) is 1. The van der Waals surface area contributed by atoms with Crippen molar-refractivity contribution < 1.29 is 9.90 Å². The van der Waals surface area contributed by atoms with Gasteiger partial charge in [0, 0.05) is 6.42 Å². The summed E-state index contributed by atoms with van der Waals surface area (Å²) in [6.07, 6.45) is 26.6. The van der Waals surface area contributed by atoms with Crippen molar-refractivity contribution in [3.05, 3.63) is 0 Å². The van der Waals surface area contributed by atoms with Gasteiger partial charge in [0.1, 0.15) is 0 Å². The van der Waals surface area contributed by atoms with Crippen molar-refractivity contribution in [3.63, 3.8) is 0 Å². The predicted molar refractivity (Wildman–Crippen MR) is 103 cm³/mol. The lowest BCUT2D eigenvalue weighted by Crippen LogP contribution is -2.01. The van der Waals surface area contributed by atoms with Gasteiger partial charge in [-0.25, -0.2) is 0 Å². The first-order valence-corrected chi connectivity index (χ1v) is 11.0. The van der Waals surface area contributed by atoms with Gasteiger partial charge in [-0.2, -0.15) is 0 Å². The molecule has 0 unspecified atom stereocenters. The molecule has 1 N–H and O–H groups in total. The lowest BCUT2D eigenvalue weighted by Gasteiger charge is -2.16. The fourth-order valence-electron chi connectivity index (χ4n) is 4.13. The van der Waals surface area contributed by atoms with Crippen LogP contribution in [-0.2, 0) is 4.79 Å². The van der Waals surface area contributed by atoms with E-state index < -0.39 is 5.97 Å². The quantitative estimate of drug-likeness (QED) is 0.442. The van der Waals surface area contributed by atoms with Crippen LogP contribution in [0.25, 0.3) is 0 Å². The van der Waals surface area contributed by atoms with Crippen LogP contribution in [0.4, 0.5) is 0 Å². The monoisotopic (exact) mass is 338 g/mol. The summed E-state index contributed by atoms with van der Waals surface area (Å²) in [4.78, 5) is 10.5. The minimum absolute atomic E-state index is 0.349. The van der Waals surface area contributed by atoms with Crippen molar-refractivity contribution in [2.24, 2.45) is 5.92 Å². The molecule has 1 fully saturated rings. The van der Waals surface area contributed by atoms with Crippen LogP contribution in [0.3, 0.4) is 0 Å². The molecule has 0 heterocycles. The van der Waals surface area contributed by atoms with E-state index in [2.05, 4.69) is 0 Å². The van der Waals surface area contributed by atoms with Crippen molar-refractivity contribution in [1.82, 2.24) is 0 Å². The number of rotatable bonds is 9. The highest BCUT2D eigenvalue weighted by atomic mass is 16.4. The van der Waals surface area contributed by atoms with Gasteiger partial charge in [-0.3, -0.25) is 4.79 Å². The van der Waals surface area contributed by atoms with Gasteiger partial charge in [0.25, 0.3) is 0 Å². The molecule has 1 rings (SSSR count). The van der Waals surface area contributed by atoms with Gasteiger partial charge in [-0.05, 0) is 12.3 Å². The highest BCUT2D eigenvalue weighted by Crippen LogP contribution is 2.25. The van der Waals surface area contributed by atoms with Gasteiger partial charge in [0.05, 0.1) is 0 Å². The summed E-state index contributed by atoms with van der Waals surface area (Å²) in [5.41, 5.74) is 0. The van der Waals surface area contributed by atoms with Gasteiger partial charge in [0.2, 0.25) is 0 Å². The Bertz CT molecular complexity index is 274. The van der Waals surface area contributed by atoms with E-state index in [0.717, 1.165) is 18.8 Å². The number of aliphatic carboxylic acids is 1. The van der Waals surface area contributed by atoms with E-state index in [1.807, 2.05) is 0 Å². The van der Waals surface area contributed by atoms with Crippen LogP contribution in [0.1, 0.15) is 128 Å². The summed E-state index contributed by atoms with van der Waals surface area (Å²) in [5, 5.41) is 8.63. The third-order valence-corrected chi connectivity index (χ3v) is 5.73. The molecule has 1 aliphatic rings. The first-order valence-electron chi connectivity index (χ1n) is 11.0. The van der Waals surface area contributed by atoms with Crippen LogP contribution in [0.2, 0.25) is 0 Å². The summed E-state index contributed by atoms with van der Waals surface area (Å²) < 4.78 is 0. The Morgan fingerprint density at radius 3 is 1.54 bits per heavy atom. The number of carboxylic acid groups (broad SMARTS) is 1. The molecule has 0 atom stereocenters. The Morgan fingerprint density at radius 2 is 1.04 bits per heavy atom. The van der Waals surface area contributed by atoms with Crippen molar-refractivity contribution in [1.29, 1.82) is 0 Å². The van der Waals surface area contributed by atoms with Crippen LogP contribution < -0.4 is 0 Å². The van der Waals surface area contributed by atoms with Crippen molar-refractivity contribution in [2.45, 2.75) is 128 Å². The maximum atomic E-state index is 10.5. The number of carboxylic acids is 1. The molecule has 142 valence electrons. The molecule has 0 saturated heterocycles. The summed E-state index contributed by atoms with van der Waals surface area (Å²) >= 11 is 0. The van der Waals surface area contributed by atoms with Gasteiger partial charge in [0.15, 0.2) is 0 Å².